The minimum Gasteiger partial charge on any atom is -0.462 e. The first kappa shape index (κ1) is 63.5. The average Bonchev–Trinajstić information content (AvgIpc) is 3.21. The fraction of sp³-hybridized carbons (Fsp3) is 0.558. The molecule has 58 heavy (non-hydrogen) atoms. The number of nitrogens with two attached hydrogens (primary N) is 2. The molecule has 0 heterocycles. The Morgan fingerprint density at radius 3 is 1.52 bits per heavy atom. The molecule has 9 nitrogen and oxygen atoms in total. The number of hydrogen-bond donors (Lipinski definition) is 2. The van der Waals surface area contributed by atoms with Gasteiger partial charge in [0.15, 0.2) is 12.4 Å². The number of alkyl halides is 6. The summed E-state index contributed by atoms with van der Waals surface area (Å²) < 4.78 is 10.1. The van der Waals surface area contributed by atoms with Gasteiger partial charge in [0.05, 0.1) is 22.3 Å². The molecule has 0 fully saturated rings. The summed E-state index contributed by atoms with van der Waals surface area (Å²) in [7, 11) is 0. The standard InChI is InChI=1S/C17H15BrO3.C11H23Br.C6H11Br.C5H9BrO2.C2H4BrNO.C2H4INO/c18-11-14-8-6-13(7-9-14)10-17(20)21-12-16(19)15-4-2-1-3-5-15;1-2-3-4-5-6-7-8-9-10-11-12;1-6(2)4-3-5-7;1-4(2)8-5(7)3-6;2*3-1-2(4)5/h1-9H,10-12H2;2-11H2,1H3;4H,3,5H2,1-2H3;4H,3H2,1-2H3;2*1H2,(H2,4,5). The van der Waals surface area contributed by atoms with Gasteiger partial charge in [-0.25, -0.2) is 0 Å². The van der Waals surface area contributed by atoms with Crippen LogP contribution in [0.15, 0.2) is 66.2 Å². The minimum absolute atomic E-state index is 0.0000463. The maximum Gasteiger partial charge on any atom is 0.316 e. The Morgan fingerprint density at radius 2 is 1.17 bits per heavy atom. The van der Waals surface area contributed by atoms with E-state index in [4.69, 9.17) is 9.47 Å². The number of ether oxygens (including phenoxy) is 2. The monoisotopic (exact) mass is 1240 g/mol. The zero-order valence-corrected chi connectivity index (χ0v) is 44.9. The number of carbonyl (C=O) groups is 5. The maximum absolute atomic E-state index is 11.8. The molecule has 2 aromatic rings. The smallest absolute Gasteiger partial charge is 0.316 e. The van der Waals surface area contributed by atoms with Gasteiger partial charge < -0.3 is 20.9 Å². The molecule has 0 aliphatic rings. The van der Waals surface area contributed by atoms with Crippen LogP contribution in [-0.4, -0.2) is 68.0 Å². The van der Waals surface area contributed by atoms with E-state index >= 15 is 0 Å². The highest BCUT2D eigenvalue weighted by Crippen LogP contribution is 2.11. The van der Waals surface area contributed by atoms with E-state index in [0.717, 1.165) is 28.2 Å². The molecular formula is C43H66Br5IN2O7. The predicted molar refractivity (Wildman–Crippen MR) is 269 cm³/mol. The van der Waals surface area contributed by atoms with Crippen molar-refractivity contribution in [1.82, 2.24) is 0 Å². The Morgan fingerprint density at radius 1 is 0.690 bits per heavy atom. The number of esters is 2. The van der Waals surface area contributed by atoms with E-state index in [9.17, 15) is 24.0 Å². The molecule has 0 unspecified atom stereocenters. The largest absolute Gasteiger partial charge is 0.462 e. The molecule has 4 N–H and O–H groups in total. The summed E-state index contributed by atoms with van der Waals surface area (Å²) in [6, 6.07) is 16.5. The first-order valence-corrected chi connectivity index (χ1v) is 26.3. The van der Waals surface area contributed by atoms with E-state index in [1.54, 1.807) is 24.3 Å². The molecule has 0 atom stereocenters. The second-order valence-electron chi connectivity index (χ2n) is 12.7. The molecule has 332 valence electrons. The molecule has 0 aromatic heterocycles. The van der Waals surface area contributed by atoms with Gasteiger partial charge in [0, 0.05) is 21.6 Å². The molecule has 0 aliphatic carbocycles. The topological polar surface area (TPSA) is 156 Å². The Bertz CT molecular complexity index is 1310. The van der Waals surface area contributed by atoms with E-state index in [1.165, 1.54) is 68.7 Å². The summed E-state index contributed by atoms with van der Waals surface area (Å²) in [6.07, 6.45) is 16.4. The third kappa shape index (κ3) is 52.9. The molecule has 15 heteroatoms. The van der Waals surface area contributed by atoms with Crippen LogP contribution in [0.2, 0.25) is 0 Å². The van der Waals surface area contributed by atoms with E-state index in [2.05, 4.69) is 118 Å². The molecule has 2 amide bonds. The molecule has 0 bridgehead atoms. The van der Waals surface area contributed by atoms with Crippen LogP contribution in [-0.2, 0) is 40.4 Å². The van der Waals surface area contributed by atoms with Crippen molar-refractivity contribution in [2.24, 2.45) is 11.5 Å². The highest BCUT2D eigenvalue weighted by molar-refractivity contribution is 14.1. The Balaban J connectivity index is -0.000000335. The van der Waals surface area contributed by atoms with Gasteiger partial charge in [-0.3, -0.25) is 24.0 Å². The summed E-state index contributed by atoms with van der Waals surface area (Å²) in [6.45, 7) is 9.92. The molecule has 2 aromatic carbocycles. The Kier molecular flexibility index (Phi) is 53.1. The van der Waals surface area contributed by atoms with Crippen molar-refractivity contribution >= 4 is 132 Å². The number of ketones is 1. The maximum atomic E-state index is 11.8. The zero-order valence-electron chi connectivity index (χ0n) is 34.9. The van der Waals surface area contributed by atoms with Crippen molar-refractivity contribution in [3.05, 3.63) is 82.9 Å². The highest BCUT2D eigenvalue weighted by atomic mass is 127. The Hall–Kier alpha value is -1.14. The number of carbonyl (C=O) groups excluding carboxylic acids is 5. The quantitative estimate of drug-likeness (QED) is 0.0315. The number of halogens is 6. The van der Waals surface area contributed by atoms with Crippen LogP contribution in [0.5, 0.6) is 0 Å². The lowest BCUT2D eigenvalue weighted by atomic mass is 10.1. The van der Waals surface area contributed by atoms with Crippen molar-refractivity contribution in [1.29, 1.82) is 0 Å². The van der Waals surface area contributed by atoms with E-state index in [1.807, 2.05) is 66.8 Å². The van der Waals surface area contributed by atoms with Crippen molar-refractivity contribution in [2.75, 3.05) is 32.4 Å². The van der Waals surface area contributed by atoms with Gasteiger partial charge in [0.1, 0.15) is 5.33 Å². The summed E-state index contributed by atoms with van der Waals surface area (Å²) in [5, 5.41) is 3.59. The zero-order chi connectivity index (χ0) is 45.0. The molecule has 0 aliphatic heterocycles. The number of Topliss-reactive ketones (excluding diaryl/α,β-unsaturated/α-hetero) is 1. The van der Waals surface area contributed by atoms with E-state index < -0.39 is 5.97 Å². The number of rotatable bonds is 21. The summed E-state index contributed by atoms with van der Waals surface area (Å²) >= 11 is 17.9. The van der Waals surface area contributed by atoms with Crippen LogP contribution < -0.4 is 11.5 Å². The van der Waals surface area contributed by atoms with Gasteiger partial charge in [-0.05, 0) is 51.7 Å². The summed E-state index contributed by atoms with van der Waals surface area (Å²) in [5.41, 5.74) is 13.2. The molecule has 0 radical (unpaired) electrons. The van der Waals surface area contributed by atoms with Crippen LogP contribution in [0.3, 0.4) is 0 Å². The van der Waals surface area contributed by atoms with E-state index in [-0.39, 0.29) is 53.4 Å². The van der Waals surface area contributed by atoms with E-state index in [0.29, 0.717) is 9.99 Å². The summed E-state index contributed by atoms with van der Waals surface area (Å²) in [4.78, 5) is 53.0. The number of allylic oxidation sites excluding steroid dienone is 2. The second kappa shape index (κ2) is 48.5. The highest BCUT2D eigenvalue weighted by Gasteiger charge is 2.10. The molecule has 0 saturated heterocycles. The number of hydrogen-bond acceptors (Lipinski definition) is 7. The first-order chi connectivity index (χ1) is 27.6. The lowest BCUT2D eigenvalue weighted by Crippen LogP contribution is -2.15. The second-order valence-corrected chi connectivity index (χ2v) is 16.8. The van der Waals surface area contributed by atoms with Gasteiger partial charge in [-0.2, -0.15) is 0 Å². The normalized spacial score (nSPS) is 9.45. The number of amides is 2. The lowest BCUT2D eigenvalue weighted by molar-refractivity contribution is -0.144. The fourth-order valence-corrected chi connectivity index (χ4v) is 4.99. The number of benzene rings is 2. The van der Waals surface area contributed by atoms with Crippen LogP contribution in [0.1, 0.15) is 120 Å². The molecular weight excluding hydrogens is 1180 g/mol. The van der Waals surface area contributed by atoms with Crippen molar-refractivity contribution in [3.63, 3.8) is 0 Å². The van der Waals surface area contributed by atoms with Crippen LogP contribution in [0, 0.1) is 0 Å². The molecule has 0 spiro atoms. The fourth-order valence-electron chi connectivity index (χ4n) is 3.86. The number of unbranched alkanes of at least 4 members (excludes halogenated alkanes) is 8. The molecule has 2 rings (SSSR count). The van der Waals surface area contributed by atoms with Crippen molar-refractivity contribution < 1.29 is 33.4 Å². The van der Waals surface area contributed by atoms with Crippen LogP contribution in [0.4, 0.5) is 0 Å². The van der Waals surface area contributed by atoms with Crippen LogP contribution in [0.25, 0.3) is 0 Å². The third-order valence-corrected chi connectivity index (χ3v) is 10.1. The average molecular weight is 1250 g/mol. The predicted octanol–water partition coefficient (Wildman–Crippen LogP) is 12.3. The first-order valence-electron chi connectivity index (χ1n) is 19.1. The van der Waals surface area contributed by atoms with Gasteiger partial charge in [-0.1, -0.05) is 227 Å². The third-order valence-electron chi connectivity index (χ3n) is 6.62. The lowest BCUT2D eigenvalue weighted by Gasteiger charge is -2.05. The van der Waals surface area contributed by atoms with Gasteiger partial charge in [0.2, 0.25) is 11.8 Å². The van der Waals surface area contributed by atoms with Crippen LogP contribution >= 0.6 is 102 Å². The van der Waals surface area contributed by atoms with Gasteiger partial charge in [-0.15, -0.1) is 0 Å². The van der Waals surface area contributed by atoms with Crippen molar-refractivity contribution in [3.8, 4) is 0 Å². The van der Waals surface area contributed by atoms with Gasteiger partial charge >= 0.3 is 11.9 Å². The Labute approximate surface area is 404 Å². The SMILES string of the molecule is CC(C)=CCCBr.CC(C)OC(=O)CBr.CCCCCCCCCCCBr.NC(=O)CBr.NC(=O)CI.O=C(Cc1ccc(CBr)cc1)OCC(=O)c1ccccc1. The van der Waals surface area contributed by atoms with Crippen molar-refractivity contribution in [2.45, 2.75) is 117 Å². The number of primary amides is 2. The minimum atomic E-state index is -0.397. The summed E-state index contributed by atoms with van der Waals surface area (Å²) in [5.74, 6) is -1.39. The molecule has 0 saturated carbocycles. The van der Waals surface area contributed by atoms with Gasteiger partial charge in [0.25, 0.3) is 0 Å².